The molecule has 0 saturated heterocycles. The number of carboxylic acid groups (broad SMARTS) is 1. The highest BCUT2D eigenvalue weighted by atomic mass is 16.4. The molecule has 0 spiro atoms. The number of carboxylic acids is 1. The number of fused-ring (bicyclic) bond motifs is 1. The van der Waals surface area contributed by atoms with Crippen LogP contribution in [0.4, 0.5) is 0 Å². The topological polar surface area (TPSA) is 62.5 Å². The number of aliphatic hydroxyl groups is 1. The van der Waals surface area contributed by atoms with E-state index >= 15 is 0 Å². The van der Waals surface area contributed by atoms with Crippen molar-refractivity contribution in [2.24, 2.45) is 0 Å². The molecular weight excluding hydrogens is 194 g/mol. The number of aromatic nitrogens is 1. The van der Waals surface area contributed by atoms with Crippen LogP contribution in [0.5, 0.6) is 0 Å². The van der Waals surface area contributed by atoms with Crippen molar-refractivity contribution in [3.63, 3.8) is 0 Å². The van der Waals surface area contributed by atoms with E-state index in [0.717, 1.165) is 5.39 Å². The molecule has 2 N–H and O–H groups in total. The summed E-state index contributed by atoms with van der Waals surface area (Å²) < 4.78 is 1.34. The van der Waals surface area contributed by atoms with Crippen LogP contribution in [0.3, 0.4) is 0 Å². The maximum Gasteiger partial charge on any atom is 0.357 e. The summed E-state index contributed by atoms with van der Waals surface area (Å²) in [5, 5.41) is 19.6. The van der Waals surface area contributed by atoms with Crippen LogP contribution in [-0.2, 0) is 10.5 Å². The van der Waals surface area contributed by atoms with Crippen molar-refractivity contribution in [3.05, 3.63) is 36.5 Å². The zero-order valence-electron chi connectivity index (χ0n) is 8.21. The van der Waals surface area contributed by atoms with Gasteiger partial charge in [-0.1, -0.05) is 18.2 Å². The molecule has 2 aromatic rings. The van der Waals surface area contributed by atoms with Gasteiger partial charge < -0.3 is 14.8 Å². The van der Waals surface area contributed by atoms with E-state index in [4.69, 9.17) is 5.11 Å². The minimum Gasteiger partial charge on any atom is -0.478 e. The first kappa shape index (κ1) is 9.73. The summed E-state index contributed by atoms with van der Waals surface area (Å²) in [6.45, 7) is 1.25. The molecule has 0 amide bonds. The lowest BCUT2D eigenvalue weighted by Crippen LogP contribution is -2.37. The van der Waals surface area contributed by atoms with Gasteiger partial charge in [-0.15, -0.1) is 0 Å². The normalized spacial score (nSPS) is 15.1. The van der Waals surface area contributed by atoms with Crippen molar-refractivity contribution in [1.29, 1.82) is 0 Å². The lowest BCUT2D eigenvalue weighted by atomic mass is 10.2. The van der Waals surface area contributed by atoms with Crippen LogP contribution in [0.15, 0.2) is 36.5 Å². The van der Waals surface area contributed by atoms with Crippen LogP contribution in [0.2, 0.25) is 0 Å². The molecule has 1 atom stereocenters. The van der Waals surface area contributed by atoms with Crippen molar-refractivity contribution < 1.29 is 15.0 Å². The Morgan fingerprint density at radius 3 is 2.67 bits per heavy atom. The predicted molar refractivity (Wildman–Crippen MR) is 55.4 cm³/mol. The third-order valence-corrected chi connectivity index (χ3v) is 2.47. The molecule has 15 heavy (non-hydrogen) atoms. The second kappa shape index (κ2) is 3.10. The zero-order chi connectivity index (χ0) is 11.1. The number of hydrogen-bond donors (Lipinski definition) is 2. The number of hydrogen-bond acceptors (Lipinski definition) is 2. The van der Waals surface area contributed by atoms with Crippen LogP contribution in [0, 0.1) is 0 Å². The Kier molecular flexibility index (Phi) is 2.01. The molecule has 78 valence electrons. The van der Waals surface area contributed by atoms with Crippen LogP contribution >= 0.6 is 0 Å². The molecule has 0 radical (unpaired) electrons. The quantitative estimate of drug-likeness (QED) is 0.778. The van der Waals surface area contributed by atoms with Gasteiger partial charge in [0.25, 0.3) is 0 Å². The Balaban J connectivity index is 2.67. The Labute approximate surface area is 86.4 Å². The van der Waals surface area contributed by atoms with E-state index in [1.807, 2.05) is 12.1 Å². The summed E-state index contributed by atoms with van der Waals surface area (Å²) in [6.07, 6.45) is 1.57. The molecule has 0 bridgehead atoms. The van der Waals surface area contributed by atoms with Gasteiger partial charge in [0.15, 0.2) is 0 Å². The minimum atomic E-state index is -1.91. The predicted octanol–water partition coefficient (Wildman–Crippen LogP) is 1.39. The number of benzene rings is 1. The molecule has 0 unspecified atom stereocenters. The van der Waals surface area contributed by atoms with E-state index in [1.165, 1.54) is 11.5 Å². The lowest BCUT2D eigenvalue weighted by Gasteiger charge is -2.21. The first-order chi connectivity index (χ1) is 7.03. The van der Waals surface area contributed by atoms with Gasteiger partial charge in [0.2, 0.25) is 5.72 Å². The van der Waals surface area contributed by atoms with Crippen molar-refractivity contribution in [3.8, 4) is 0 Å². The maximum absolute atomic E-state index is 10.9. The Hall–Kier alpha value is -1.81. The Morgan fingerprint density at radius 1 is 1.33 bits per heavy atom. The van der Waals surface area contributed by atoms with Gasteiger partial charge in [-0.2, -0.15) is 0 Å². The van der Waals surface area contributed by atoms with Gasteiger partial charge in [-0.25, -0.2) is 4.79 Å². The fourth-order valence-corrected chi connectivity index (χ4v) is 1.57. The molecule has 2 rings (SSSR count). The summed E-state index contributed by atoms with van der Waals surface area (Å²) in [7, 11) is 0. The average Bonchev–Trinajstić information content (AvgIpc) is 2.61. The van der Waals surface area contributed by atoms with Gasteiger partial charge in [-0.05, 0) is 24.4 Å². The fourth-order valence-electron chi connectivity index (χ4n) is 1.57. The largest absolute Gasteiger partial charge is 0.478 e. The molecule has 0 saturated carbocycles. The number of para-hydroxylation sites is 1. The van der Waals surface area contributed by atoms with E-state index in [9.17, 15) is 9.90 Å². The molecular formula is C11H11NO3. The highest BCUT2D eigenvalue weighted by Gasteiger charge is 2.32. The minimum absolute atomic E-state index is 0.699. The Morgan fingerprint density at radius 2 is 2.00 bits per heavy atom. The van der Waals surface area contributed by atoms with Crippen molar-refractivity contribution in [1.82, 2.24) is 4.57 Å². The van der Waals surface area contributed by atoms with E-state index in [2.05, 4.69) is 0 Å². The van der Waals surface area contributed by atoms with Gasteiger partial charge in [0.05, 0.1) is 5.52 Å². The van der Waals surface area contributed by atoms with Crippen LogP contribution in [0.1, 0.15) is 6.92 Å². The smallest absolute Gasteiger partial charge is 0.357 e. The number of nitrogens with zero attached hydrogens (tertiary/aromatic N) is 1. The van der Waals surface area contributed by atoms with E-state index in [1.54, 1.807) is 24.4 Å². The number of aliphatic carboxylic acids is 1. The Bertz CT molecular complexity index is 513. The van der Waals surface area contributed by atoms with Gasteiger partial charge in [0, 0.05) is 6.20 Å². The molecule has 1 aromatic heterocycles. The van der Waals surface area contributed by atoms with E-state index < -0.39 is 11.7 Å². The first-order valence-electron chi connectivity index (χ1n) is 4.56. The summed E-state index contributed by atoms with van der Waals surface area (Å²) in [4.78, 5) is 10.9. The van der Waals surface area contributed by atoms with Crippen molar-refractivity contribution in [2.75, 3.05) is 0 Å². The van der Waals surface area contributed by atoms with Gasteiger partial charge in [0.1, 0.15) is 0 Å². The fraction of sp³-hybridized carbons (Fsp3) is 0.182. The third kappa shape index (κ3) is 1.39. The number of carbonyl (C=O) groups is 1. The lowest BCUT2D eigenvalue weighted by molar-refractivity contribution is -0.166. The summed E-state index contributed by atoms with van der Waals surface area (Å²) in [6, 6.07) is 9.07. The standard InChI is InChI=1S/C11H11NO3/c1-11(15,10(13)14)12-7-6-8-4-2-3-5-9(8)12/h2-7,15H,1H3,(H,13,14)/t11-/m0/s1. The molecule has 4 nitrogen and oxygen atoms in total. The second-order valence-electron chi connectivity index (χ2n) is 3.57. The maximum atomic E-state index is 10.9. The number of rotatable bonds is 2. The average molecular weight is 205 g/mol. The highest BCUT2D eigenvalue weighted by molar-refractivity contribution is 5.83. The monoisotopic (exact) mass is 205 g/mol. The summed E-state index contributed by atoms with van der Waals surface area (Å²) in [5.41, 5.74) is -1.21. The van der Waals surface area contributed by atoms with Crippen LogP contribution in [0.25, 0.3) is 10.9 Å². The molecule has 0 fully saturated rings. The van der Waals surface area contributed by atoms with Crippen molar-refractivity contribution in [2.45, 2.75) is 12.6 Å². The molecule has 1 heterocycles. The first-order valence-corrected chi connectivity index (χ1v) is 4.56. The summed E-state index contributed by atoms with van der Waals surface area (Å²) >= 11 is 0. The highest BCUT2D eigenvalue weighted by Crippen LogP contribution is 2.22. The second-order valence-corrected chi connectivity index (χ2v) is 3.57. The van der Waals surface area contributed by atoms with E-state index in [0.29, 0.717) is 5.52 Å². The van der Waals surface area contributed by atoms with Crippen LogP contribution in [-0.4, -0.2) is 20.7 Å². The van der Waals surface area contributed by atoms with Crippen LogP contribution < -0.4 is 0 Å². The molecule has 0 aliphatic carbocycles. The molecule has 1 aromatic carbocycles. The van der Waals surface area contributed by atoms with Gasteiger partial charge >= 0.3 is 5.97 Å². The van der Waals surface area contributed by atoms with E-state index in [-0.39, 0.29) is 0 Å². The van der Waals surface area contributed by atoms with Crippen molar-refractivity contribution >= 4 is 16.9 Å². The molecule has 0 aliphatic heterocycles. The molecule has 4 heteroatoms. The third-order valence-electron chi connectivity index (χ3n) is 2.47. The molecule has 0 aliphatic rings. The summed E-state index contributed by atoms with van der Waals surface area (Å²) in [5.74, 6) is -1.27. The van der Waals surface area contributed by atoms with Gasteiger partial charge in [-0.3, -0.25) is 0 Å². The SMILES string of the molecule is C[C@](O)(C(=O)O)n1ccc2ccccc21. The zero-order valence-corrected chi connectivity index (χ0v) is 8.21.